The van der Waals surface area contributed by atoms with Crippen LogP contribution in [0.5, 0.6) is 0 Å². The normalized spacial score (nSPS) is 17.5. The predicted octanol–water partition coefficient (Wildman–Crippen LogP) is 3.39. The maximum atomic E-state index is 12.5. The van der Waals surface area contributed by atoms with Gasteiger partial charge in [-0.2, -0.15) is 0 Å². The van der Waals surface area contributed by atoms with Crippen molar-refractivity contribution in [3.05, 3.63) is 47.9 Å². The summed E-state index contributed by atoms with van der Waals surface area (Å²) in [5.74, 6) is 0.720. The molecule has 1 aliphatic rings. The van der Waals surface area contributed by atoms with Gasteiger partial charge >= 0.3 is 0 Å². The van der Waals surface area contributed by atoms with Crippen LogP contribution in [0.4, 0.5) is 5.82 Å². The van der Waals surface area contributed by atoms with Gasteiger partial charge in [-0.15, -0.1) is 0 Å². The van der Waals surface area contributed by atoms with Crippen molar-refractivity contribution in [3.63, 3.8) is 0 Å². The SMILES string of the molecule is Cc1nc(N2CCC(C)(C)CC2)cnc1CS(=O)(=O)c1ccccc1. The maximum Gasteiger partial charge on any atom is 0.184 e. The Labute approximate surface area is 150 Å². The fourth-order valence-corrected chi connectivity index (χ4v) is 4.40. The van der Waals surface area contributed by atoms with Gasteiger partial charge in [-0.1, -0.05) is 32.0 Å². The van der Waals surface area contributed by atoms with E-state index in [1.807, 2.05) is 6.92 Å². The van der Waals surface area contributed by atoms with Crippen LogP contribution in [-0.2, 0) is 15.6 Å². The Balaban J connectivity index is 1.77. The van der Waals surface area contributed by atoms with Crippen LogP contribution in [0.2, 0.25) is 0 Å². The van der Waals surface area contributed by atoms with Crippen LogP contribution in [-0.4, -0.2) is 31.5 Å². The Kier molecular flexibility index (Phi) is 4.82. The van der Waals surface area contributed by atoms with E-state index in [0.717, 1.165) is 31.7 Å². The third-order valence-electron chi connectivity index (χ3n) is 4.91. The second-order valence-electron chi connectivity index (χ2n) is 7.48. The van der Waals surface area contributed by atoms with Gasteiger partial charge in [0, 0.05) is 13.1 Å². The molecular formula is C19H25N3O2S. The van der Waals surface area contributed by atoms with Crippen LogP contribution < -0.4 is 4.90 Å². The summed E-state index contributed by atoms with van der Waals surface area (Å²) in [6.07, 6.45) is 3.96. The number of benzene rings is 1. The van der Waals surface area contributed by atoms with Crippen molar-refractivity contribution in [2.24, 2.45) is 5.41 Å². The summed E-state index contributed by atoms with van der Waals surface area (Å²) in [5, 5.41) is 0. The molecule has 0 amide bonds. The molecule has 134 valence electrons. The van der Waals surface area contributed by atoms with E-state index in [9.17, 15) is 8.42 Å². The van der Waals surface area contributed by atoms with Crippen molar-refractivity contribution < 1.29 is 8.42 Å². The molecule has 0 spiro atoms. The molecule has 0 N–H and O–H groups in total. The Morgan fingerprint density at radius 3 is 2.36 bits per heavy atom. The highest BCUT2D eigenvalue weighted by Crippen LogP contribution is 2.31. The van der Waals surface area contributed by atoms with Crippen LogP contribution in [0.15, 0.2) is 41.4 Å². The Hall–Kier alpha value is -1.95. The summed E-state index contributed by atoms with van der Waals surface area (Å²) in [7, 11) is -3.41. The molecule has 2 heterocycles. The van der Waals surface area contributed by atoms with E-state index in [-0.39, 0.29) is 5.75 Å². The summed E-state index contributed by atoms with van der Waals surface area (Å²) in [6.45, 7) is 8.34. The van der Waals surface area contributed by atoms with Crippen molar-refractivity contribution in [1.29, 1.82) is 0 Å². The van der Waals surface area contributed by atoms with Gasteiger partial charge in [0.05, 0.1) is 28.2 Å². The number of rotatable bonds is 4. The first kappa shape index (κ1) is 17.9. The number of nitrogens with zero attached hydrogens (tertiary/aromatic N) is 3. The number of aryl methyl sites for hydroxylation is 1. The number of hydrogen-bond donors (Lipinski definition) is 0. The summed E-state index contributed by atoms with van der Waals surface area (Å²) >= 11 is 0. The average molecular weight is 359 g/mol. The third-order valence-corrected chi connectivity index (χ3v) is 6.55. The first-order chi connectivity index (χ1) is 11.8. The molecule has 5 nitrogen and oxygen atoms in total. The summed E-state index contributed by atoms with van der Waals surface area (Å²) < 4.78 is 25.1. The zero-order valence-corrected chi connectivity index (χ0v) is 15.9. The molecule has 3 rings (SSSR count). The smallest absolute Gasteiger partial charge is 0.184 e. The highest BCUT2D eigenvalue weighted by molar-refractivity contribution is 7.90. The maximum absolute atomic E-state index is 12.5. The van der Waals surface area contributed by atoms with Gasteiger partial charge in [0.25, 0.3) is 0 Å². The van der Waals surface area contributed by atoms with Crippen molar-refractivity contribution >= 4 is 15.7 Å². The van der Waals surface area contributed by atoms with Gasteiger partial charge in [0.2, 0.25) is 0 Å². The van der Waals surface area contributed by atoms with E-state index in [1.54, 1.807) is 36.5 Å². The molecule has 2 aromatic rings. The molecule has 1 aromatic carbocycles. The monoisotopic (exact) mass is 359 g/mol. The molecule has 0 aliphatic carbocycles. The van der Waals surface area contributed by atoms with Gasteiger partial charge < -0.3 is 4.90 Å². The van der Waals surface area contributed by atoms with E-state index < -0.39 is 9.84 Å². The Bertz CT molecular complexity index is 838. The van der Waals surface area contributed by atoms with Crippen LogP contribution >= 0.6 is 0 Å². The molecule has 0 saturated carbocycles. The molecule has 0 atom stereocenters. The zero-order valence-electron chi connectivity index (χ0n) is 15.1. The number of hydrogen-bond acceptors (Lipinski definition) is 5. The Morgan fingerprint density at radius 1 is 1.12 bits per heavy atom. The van der Waals surface area contributed by atoms with Crippen molar-refractivity contribution in [1.82, 2.24) is 9.97 Å². The first-order valence-electron chi connectivity index (χ1n) is 8.62. The summed E-state index contributed by atoms with van der Waals surface area (Å²) in [4.78, 5) is 11.6. The van der Waals surface area contributed by atoms with Crippen LogP contribution in [0.25, 0.3) is 0 Å². The fourth-order valence-electron chi connectivity index (χ4n) is 3.02. The second-order valence-corrected chi connectivity index (χ2v) is 9.47. The summed E-state index contributed by atoms with van der Waals surface area (Å²) in [6, 6.07) is 8.49. The highest BCUT2D eigenvalue weighted by atomic mass is 32.2. The van der Waals surface area contributed by atoms with E-state index >= 15 is 0 Å². The molecule has 1 aromatic heterocycles. The van der Waals surface area contributed by atoms with Gasteiger partial charge in [-0.3, -0.25) is 4.98 Å². The van der Waals surface area contributed by atoms with Crippen LogP contribution in [0, 0.1) is 12.3 Å². The van der Waals surface area contributed by atoms with Gasteiger partial charge in [-0.05, 0) is 37.3 Å². The number of anilines is 1. The molecule has 6 heteroatoms. The van der Waals surface area contributed by atoms with Crippen molar-refractivity contribution in [3.8, 4) is 0 Å². The zero-order chi connectivity index (χ0) is 18.1. The molecular weight excluding hydrogens is 334 g/mol. The first-order valence-corrected chi connectivity index (χ1v) is 10.3. The standard InChI is InChI=1S/C19H25N3O2S/c1-15-17(14-25(23,24)16-7-5-4-6-8-16)20-13-18(21-15)22-11-9-19(2,3)10-12-22/h4-8,13H,9-12,14H2,1-3H3. The highest BCUT2D eigenvalue weighted by Gasteiger charge is 2.26. The lowest BCUT2D eigenvalue weighted by Crippen LogP contribution is -2.38. The molecule has 1 fully saturated rings. The van der Waals surface area contributed by atoms with Gasteiger partial charge in [0.15, 0.2) is 9.84 Å². The fraction of sp³-hybridized carbons (Fsp3) is 0.474. The van der Waals surface area contributed by atoms with Crippen molar-refractivity contribution in [2.45, 2.75) is 44.3 Å². The molecule has 0 unspecified atom stereocenters. The number of piperidine rings is 1. The minimum atomic E-state index is -3.41. The van der Waals surface area contributed by atoms with E-state index in [0.29, 0.717) is 21.7 Å². The van der Waals surface area contributed by atoms with E-state index in [2.05, 4.69) is 28.7 Å². The number of sulfone groups is 1. The molecule has 1 aliphatic heterocycles. The minimum absolute atomic E-state index is 0.122. The minimum Gasteiger partial charge on any atom is -0.355 e. The topological polar surface area (TPSA) is 63.2 Å². The van der Waals surface area contributed by atoms with Crippen molar-refractivity contribution in [2.75, 3.05) is 18.0 Å². The predicted molar refractivity (Wildman–Crippen MR) is 99.3 cm³/mol. The van der Waals surface area contributed by atoms with Gasteiger partial charge in [-0.25, -0.2) is 13.4 Å². The lowest BCUT2D eigenvalue weighted by Gasteiger charge is -2.37. The van der Waals surface area contributed by atoms with Crippen LogP contribution in [0.1, 0.15) is 38.1 Å². The quantitative estimate of drug-likeness (QED) is 0.837. The molecule has 1 saturated heterocycles. The molecule has 0 radical (unpaired) electrons. The van der Waals surface area contributed by atoms with Crippen LogP contribution in [0.3, 0.4) is 0 Å². The van der Waals surface area contributed by atoms with Gasteiger partial charge in [0.1, 0.15) is 5.82 Å². The molecule has 0 bridgehead atoms. The lowest BCUT2D eigenvalue weighted by molar-refractivity contribution is 0.279. The van der Waals surface area contributed by atoms with E-state index in [4.69, 9.17) is 0 Å². The Morgan fingerprint density at radius 2 is 1.76 bits per heavy atom. The largest absolute Gasteiger partial charge is 0.355 e. The second kappa shape index (κ2) is 6.75. The third kappa shape index (κ3) is 4.18. The summed E-state index contributed by atoms with van der Waals surface area (Å²) in [5.41, 5.74) is 1.58. The molecule has 25 heavy (non-hydrogen) atoms. The van der Waals surface area contributed by atoms with E-state index in [1.165, 1.54) is 0 Å². The average Bonchev–Trinajstić information content (AvgIpc) is 2.57. The number of aromatic nitrogens is 2. The lowest BCUT2D eigenvalue weighted by atomic mass is 9.83.